The zero-order valence-electron chi connectivity index (χ0n) is 10.2. The molecule has 0 aliphatic rings. The van der Waals surface area contributed by atoms with Gasteiger partial charge >= 0.3 is 0 Å². The molecule has 0 aromatic heterocycles. The van der Waals surface area contributed by atoms with Crippen molar-refractivity contribution in [2.24, 2.45) is 0 Å². The van der Waals surface area contributed by atoms with Crippen LogP contribution in [-0.4, -0.2) is 5.11 Å². The summed E-state index contributed by atoms with van der Waals surface area (Å²) < 4.78 is 0. The number of benzene rings is 2. The van der Waals surface area contributed by atoms with Gasteiger partial charge in [-0.05, 0) is 16.7 Å². The largest absolute Gasteiger partial charge is 0.384 e. The fourth-order valence-electron chi connectivity index (χ4n) is 1.92. The second kappa shape index (κ2) is 5.99. The van der Waals surface area contributed by atoms with Crippen LogP contribution in [0.5, 0.6) is 0 Å². The molecule has 0 heterocycles. The van der Waals surface area contributed by atoms with Crippen LogP contribution in [0.2, 0.25) is 0 Å². The van der Waals surface area contributed by atoms with E-state index >= 15 is 0 Å². The average Bonchev–Trinajstić information content (AvgIpc) is 2.46. The molecule has 2 aromatic carbocycles. The van der Waals surface area contributed by atoms with Gasteiger partial charge < -0.3 is 5.11 Å². The fraction of sp³-hybridized carbons (Fsp3) is 0.0588. The highest BCUT2D eigenvalue weighted by molar-refractivity contribution is 5.71. The number of rotatable bonds is 4. The second-order valence-electron chi connectivity index (χ2n) is 4.04. The maximum atomic E-state index is 10.4. The molecule has 0 spiro atoms. The van der Waals surface area contributed by atoms with Crippen molar-refractivity contribution in [2.75, 3.05) is 0 Å². The summed E-state index contributed by atoms with van der Waals surface area (Å²) in [4.78, 5) is 0. The second-order valence-corrected chi connectivity index (χ2v) is 4.04. The Morgan fingerprint density at radius 3 is 2.06 bits per heavy atom. The summed E-state index contributed by atoms with van der Waals surface area (Å²) >= 11 is 0. The van der Waals surface area contributed by atoms with Crippen LogP contribution < -0.4 is 0 Å². The van der Waals surface area contributed by atoms with Gasteiger partial charge in [-0.25, -0.2) is 0 Å². The summed E-state index contributed by atoms with van der Waals surface area (Å²) in [7, 11) is 0. The Labute approximate surface area is 108 Å². The molecule has 0 aliphatic carbocycles. The number of aliphatic hydroxyl groups excluding tert-OH is 1. The van der Waals surface area contributed by atoms with Gasteiger partial charge in [0.15, 0.2) is 0 Å². The van der Waals surface area contributed by atoms with Crippen LogP contribution in [-0.2, 0) is 0 Å². The molecule has 18 heavy (non-hydrogen) atoms. The van der Waals surface area contributed by atoms with Crippen LogP contribution in [0.15, 0.2) is 79.4 Å². The lowest BCUT2D eigenvalue weighted by atomic mass is 9.95. The van der Waals surface area contributed by atoms with Crippen LogP contribution in [0.1, 0.15) is 17.2 Å². The van der Waals surface area contributed by atoms with Crippen LogP contribution in [0.3, 0.4) is 0 Å². The Morgan fingerprint density at radius 1 is 0.944 bits per heavy atom. The quantitative estimate of drug-likeness (QED) is 0.796. The minimum atomic E-state index is -0.633. The molecule has 0 saturated carbocycles. The first-order valence-corrected chi connectivity index (χ1v) is 5.94. The lowest BCUT2D eigenvalue weighted by Crippen LogP contribution is -2.00. The summed E-state index contributed by atoms with van der Waals surface area (Å²) in [5.41, 5.74) is 2.75. The number of hydrogen-bond donors (Lipinski definition) is 1. The van der Waals surface area contributed by atoms with Gasteiger partial charge in [0.05, 0.1) is 0 Å². The average molecular weight is 236 g/mol. The first-order chi connectivity index (χ1) is 8.83. The molecule has 0 unspecified atom stereocenters. The summed E-state index contributed by atoms with van der Waals surface area (Å²) in [5, 5.41) is 10.4. The minimum absolute atomic E-state index is 0.633. The zero-order valence-corrected chi connectivity index (χ0v) is 10.2. The van der Waals surface area contributed by atoms with E-state index in [1.807, 2.05) is 66.7 Å². The maximum absolute atomic E-state index is 10.4. The van der Waals surface area contributed by atoms with E-state index in [1.165, 1.54) is 0 Å². The third-order valence-corrected chi connectivity index (χ3v) is 2.81. The van der Waals surface area contributed by atoms with Gasteiger partial charge in [0.1, 0.15) is 6.10 Å². The molecule has 0 saturated heterocycles. The first-order valence-electron chi connectivity index (χ1n) is 5.94. The van der Waals surface area contributed by atoms with Crippen molar-refractivity contribution < 1.29 is 5.11 Å². The predicted octanol–water partition coefficient (Wildman–Crippen LogP) is 3.99. The molecule has 90 valence electrons. The Morgan fingerprint density at radius 2 is 1.50 bits per heavy atom. The third-order valence-electron chi connectivity index (χ3n) is 2.81. The lowest BCUT2D eigenvalue weighted by molar-refractivity contribution is 0.238. The Balaban J connectivity index is 2.38. The smallest absolute Gasteiger partial charge is 0.105 e. The molecule has 0 aliphatic heterocycles. The van der Waals surface area contributed by atoms with E-state index in [0.717, 1.165) is 16.7 Å². The van der Waals surface area contributed by atoms with E-state index in [2.05, 4.69) is 6.58 Å². The van der Waals surface area contributed by atoms with Gasteiger partial charge in [0.25, 0.3) is 0 Å². The Bertz CT molecular complexity index is 526. The molecular weight excluding hydrogens is 220 g/mol. The Hall–Kier alpha value is -2.12. The molecular formula is C17H16O. The molecule has 0 amide bonds. The number of aliphatic hydroxyl groups is 1. The van der Waals surface area contributed by atoms with Crippen LogP contribution in [0, 0.1) is 0 Å². The van der Waals surface area contributed by atoms with E-state index in [-0.39, 0.29) is 0 Å². The number of allylic oxidation sites excluding steroid dienone is 2. The molecule has 0 bridgehead atoms. The molecule has 2 aromatic rings. The highest BCUT2D eigenvalue weighted by atomic mass is 16.3. The molecule has 0 radical (unpaired) electrons. The maximum Gasteiger partial charge on any atom is 0.105 e. The van der Waals surface area contributed by atoms with Crippen molar-refractivity contribution >= 4 is 5.57 Å². The van der Waals surface area contributed by atoms with Crippen molar-refractivity contribution in [3.8, 4) is 0 Å². The summed E-state index contributed by atoms with van der Waals surface area (Å²) in [6.45, 7) is 3.71. The molecule has 1 atom stereocenters. The summed E-state index contributed by atoms with van der Waals surface area (Å²) in [6, 6.07) is 19.5. The Kier molecular flexibility index (Phi) is 4.11. The minimum Gasteiger partial charge on any atom is -0.384 e. The first kappa shape index (κ1) is 12.3. The topological polar surface area (TPSA) is 20.2 Å². The van der Waals surface area contributed by atoms with E-state index < -0.39 is 6.10 Å². The van der Waals surface area contributed by atoms with E-state index in [0.29, 0.717) is 0 Å². The van der Waals surface area contributed by atoms with Crippen LogP contribution in [0.25, 0.3) is 5.57 Å². The molecule has 1 heteroatoms. The van der Waals surface area contributed by atoms with Crippen molar-refractivity contribution in [1.82, 2.24) is 0 Å². The van der Waals surface area contributed by atoms with Crippen molar-refractivity contribution in [3.63, 3.8) is 0 Å². The molecule has 2 rings (SSSR count). The predicted molar refractivity (Wildman–Crippen MR) is 76.0 cm³/mol. The van der Waals surface area contributed by atoms with Gasteiger partial charge in [-0.1, -0.05) is 79.4 Å². The standard InChI is InChI=1S/C17H16O/c1-2-9-16(14-10-5-3-6-11-14)17(18)15-12-7-4-8-13-15/h2-13,17-18H,1H2/b16-9+/t17-/m1/s1. The normalized spacial score (nSPS) is 13.1. The van der Waals surface area contributed by atoms with Gasteiger partial charge in [-0.15, -0.1) is 0 Å². The van der Waals surface area contributed by atoms with Gasteiger partial charge in [-0.2, -0.15) is 0 Å². The third kappa shape index (κ3) is 2.76. The lowest BCUT2D eigenvalue weighted by Gasteiger charge is -2.15. The van der Waals surface area contributed by atoms with E-state index in [4.69, 9.17) is 0 Å². The van der Waals surface area contributed by atoms with Crippen molar-refractivity contribution in [3.05, 3.63) is 90.5 Å². The van der Waals surface area contributed by atoms with Crippen molar-refractivity contribution in [2.45, 2.75) is 6.10 Å². The summed E-state index contributed by atoms with van der Waals surface area (Å²) in [5.74, 6) is 0. The van der Waals surface area contributed by atoms with Gasteiger partial charge in [0, 0.05) is 0 Å². The monoisotopic (exact) mass is 236 g/mol. The molecule has 1 N–H and O–H groups in total. The highest BCUT2D eigenvalue weighted by Crippen LogP contribution is 2.29. The number of hydrogen-bond acceptors (Lipinski definition) is 1. The molecule has 1 nitrogen and oxygen atoms in total. The van der Waals surface area contributed by atoms with Crippen LogP contribution in [0.4, 0.5) is 0 Å². The summed E-state index contributed by atoms with van der Waals surface area (Å²) in [6.07, 6.45) is 2.92. The van der Waals surface area contributed by atoms with Crippen molar-refractivity contribution in [1.29, 1.82) is 0 Å². The van der Waals surface area contributed by atoms with Gasteiger partial charge in [-0.3, -0.25) is 0 Å². The molecule has 0 fully saturated rings. The van der Waals surface area contributed by atoms with Crippen LogP contribution >= 0.6 is 0 Å². The van der Waals surface area contributed by atoms with E-state index in [9.17, 15) is 5.11 Å². The zero-order chi connectivity index (χ0) is 12.8. The highest BCUT2D eigenvalue weighted by Gasteiger charge is 2.13. The van der Waals surface area contributed by atoms with Gasteiger partial charge in [0.2, 0.25) is 0 Å². The fourth-order valence-corrected chi connectivity index (χ4v) is 1.92. The SMILES string of the molecule is C=C/C=C(\c1ccccc1)[C@H](O)c1ccccc1. The van der Waals surface area contributed by atoms with E-state index in [1.54, 1.807) is 6.08 Å².